The van der Waals surface area contributed by atoms with E-state index in [1.54, 1.807) is 37.3 Å². The number of nitrogens with zero attached hydrogens (tertiary/aromatic N) is 1. The number of benzene rings is 3. The molecule has 3 rings (SSSR count). The Kier molecular flexibility index (Phi) is 9.28. The second kappa shape index (κ2) is 12.4. The summed E-state index contributed by atoms with van der Waals surface area (Å²) in [7, 11) is 0. The Morgan fingerprint density at radius 3 is 2.57 bits per heavy atom. The van der Waals surface area contributed by atoms with Crippen LogP contribution in [0.25, 0.3) is 0 Å². The first-order chi connectivity index (χ1) is 16.8. The van der Waals surface area contributed by atoms with Gasteiger partial charge in [0.25, 0.3) is 0 Å². The zero-order valence-electron chi connectivity index (χ0n) is 19.5. The van der Waals surface area contributed by atoms with Crippen molar-refractivity contribution >= 4 is 51.2 Å². The van der Waals surface area contributed by atoms with Gasteiger partial charge in [0.1, 0.15) is 6.61 Å². The van der Waals surface area contributed by atoms with Crippen LogP contribution in [-0.2, 0) is 16.2 Å². The number of carbonyl (C=O) groups is 2. The van der Waals surface area contributed by atoms with Crippen molar-refractivity contribution in [2.45, 2.75) is 27.4 Å². The molecule has 0 aliphatic carbocycles. The fraction of sp³-hybridized carbons (Fsp3) is 0.192. The molecular weight excluding hydrogens is 534 g/mol. The lowest BCUT2D eigenvalue weighted by Gasteiger charge is -2.15. The summed E-state index contributed by atoms with van der Waals surface area (Å²) in [6, 6.07) is 16.6. The topological polar surface area (TPSA) is 89.0 Å². The highest BCUT2D eigenvalue weighted by Gasteiger charge is 2.15. The molecule has 0 bridgehead atoms. The summed E-state index contributed by atoms with van der Waals surface area (Å²) < 4.78 is 12.4. The Hall–Kier alpha value is -3.36. The van der Waals surface area contributed by atoms with E-state index in [0.29, 0.717) is 51.0 Å². The second-order valence-corrected chi connectivity index (χ2v) is 8.87. The van der Waals surface area contributed by atoms with Crippen molar-refractivity contribution in [3.63, 3.8) is 0 Å². The maximum atomic E-state index is 12.2. The summed E-state index contributed by atoms with van der Waals surface area (Å²) in [6.45, 7) is 6.47. The Balaban J connectivity index is 1.66. The Morgan fingerprint density at radius 1 is 1.06 bits per heavy atom. The standard InChI is InChI=1S/C26H25BrClN3O4/c1-4-34-23-13-19(12-20(27)24(23)35-15-18-8-5-7-16(2)11-18)14-29-31-26(33)25(32)30-22-10-6-9-21(28)17(22)3/h5-14H,4,15H2,1-3H3,(H,30,32)(H,31,33)/b29-14+. The monoisotopic (exact) mass is 557 g/mol. The molecule has 0 fully saturated rings. The molecule has 35 heavy (non-hydrogen) atoms. The van der Waals surface area contributed by atoms with Gasteiger partial charge in [-0.1, -0.05) is 47.5 Å². The van der Waals surface area contributed by atoms with Gasteiger partial charge in [0.15, 0.2) is 11.5 Å². The van der Waals surface area contributed by atoms with Gasteiger partial charge in [0.2, 0.25) is 0 Å². The fourth-order valence-corrected chi connectivity index (χ4v) is 3.91. The lowest BCUT2D eigenvalue weighted by Crippen LogP contribution is -2.32. The largest absolute Gasteiger partial charge is 0.490 e. The molecule has 3 aromatic rings. The number of aryl methyl sites for hydroxylation is 1. The van der Waals surface area contributed by atoms with E-state index in [9.17, 15) is 9.59 Å². The normalized spacial score (nSPS) is 10.8. The number of halogens is 2. The number of ether oxygens (including phenoxy) is 2. The first-order valence-corrected chi connectivity index (χ1v) is 12.0. The third-order valence-electron chi connectivity index (χ3n) is 4.90. The van der Waals surface area contributed by atoms with Crippen molar-refractivity contribution in [2.75, 3.05) is 11.9 Å². The number of amides is 2. The molecule has 7 nitrogen and oxygen atoms in total. The summed E-state index contributed by atoms with van der Waals surface area (Å²) >= 11 is 9.57. The maximum absolute atomic E-state index is 12.2. The fourth-order valence-electron chi connectivity index (χ4n) is 3.16. The Bertz CT molecular complexity index is 1260. The van der Waals surface area contributed by atoms with Gasteiger partial charge >= 0.3 is 11.8 Å². The predicted octanol–water partition coefficient (Wildman–Crippen LogP) is 5.79. The number of rotatable bonds is 8. The van der Waals surface area contributed by atoms with E-state index in [0.717, 1.165) is 11.1 Å². The Labute approximate surface area is 217 Å². The summed E-state index contributed by atoms with van der Waals surface area (Å²) in [6.07, 6.45) is 1.41. The molecule has 0 saturated carbocycles. The zero-order chi connectivity index (χ0) is 25.4. The number of anilines is 1. The van der Waals surface area contributed by atoms with E-state index < -0.39 is 11.8 Å². The molecule has 2 N–H and O–H groups in total. The van der Waals surface area contributed by atoms with E-state index in [1.165, 1.54) is 6.21 Å². The smallest absolute Gasteiger partial charge is 0.329 e. The minimum atomic E-state index is -0.914. The van der Waals surface area contributed by atoms with Crippen LogP contribution in [0.5, 0.6) is 11.5 Å². The van der Waals surface area contributed by atoms with E-state index in [-0.39, 0.29) is 0 Å². The molecule has 182 valence electrons. The van der Waals surface area contributed by atoms with Gasteiger partial charge < -0.3 is 14.8 Å². The molecule has 3 aromatic carbocycles. The molecule has 0 unspecified atom stereocenters. The molecule has 0 atom stereocenters. The van der Waals surface area contributed by atoms with Crippen LogP contribution in [-0.4, -0.2) is 24.6 Å². The van der Waals surface area contributed by atoms with E-state index in [1.807, 2.05) is 32.0 Å². The van der Waals surface area contributed by atoms with Gasteiger partial charge in [-0.3, -0.25) is 9.59 Å². The minimum absolute atomic E-state index is 0.380. The number of carbonyl (C=O) groups excluding carboxylic acids is 2. The molecule has 0 aromatic heterocycles. The van der Waals surface area contributed by atoms with Crippen LogP contribution in [0.3, 0.4) is 0 Å². The van der Waals surface area contributed by atoms with E-state index in [4.69, 9.17) is 21.1 Å². The molecule has 9 heteroatoms. The van der Waals surface area contributed by atoms with Crippen molar-refractivity contribution in [3.8, 4) is 11.5 Å². The molecule has 0 aliphatic heterocycles. The van der Waals surface area contributed by atoms with Gasteiger partial charge in [-0.05, 0) is 77.7 Å². The first-order valence-electron chi connectivity index (χ1n) is 10.8. The molecule has 0 spiro atoms. The van der Waals surface area contributed by atoms with E-state index >= 15 is 0 Å². The number of hydrogen-bond donors (Lipinski definition) is 2. The van der Waals surface area contributed by atoms with Crippen LogP contribution in [0.4, 0.5) is 5.69 Å². The number of nitrogens with one attached hydrogen (secondary N) is 2. The van der Waals surface area contributed by atoms with Gasteiger partial charge in [-0.25, -0.2) is 5.43 Å². The van der Waals surface area contributed by atoms with Crippen LogP contribution in [0, 0.1) is 13.8 Å². The summed E-state index contributed by atoms with van der Waals surface area (Å²) in [5, 5.41) is 6.90. The average molecular weight is 559 g/mol. The molecule has 0 aliphatic rings. The van der Waals surface area contributed by atoms with Gasteiger partial charge in [0.05, 0.1) is 17.3 Å². The third kappa shape index (κ3) is 7.31. The third-order valence-corrected chi connectivity index (χ3v) is 5.90. The van der Waals surface area contributed by atoms with Crippen molar-refractivity contribution in [1.29, 1.82) is 0 Å². The van der Waals surface area contributed by atoms with Crippen molar-refractivity contribution in [1.82, 2.24) is 5.43 Å². The van der Waals surface area contributed by atoms with Crippen molar-refractivity contribution < 1.29 is 19.1 Å². The van der Waals surface area contributed by atoms with Crippen LogP contribution in [0.15, 0.2) is 64.2 Å². The number of hydrogen-bond acceptors (Lipinski definition) is 5. The van der Waals surface area contributed by atoms with Crippen molar-refractivity contribution in [2.24, 2.45) is 5.10 Å². The highest BCUT2D eigenvalue weighted by molar-refractivity contribution is 9.10. The summed E-state index contributed by atoms with van der Waals surface area (Å²) in [4.78, 5) is 24.3. The molecule has 0 heterocycles. The first kappa shape index (κ1) is 26.2. The number of hydrazone groups is 1. The molecule has 0 radical (unpaired) electrons. The maximum Gasteiger partial charge on any atom is 0.329 e. The van der Waals surface area contributed by atoms with Gasteiger partial charge in [-0.15, -0.1) is 0 Å². The van der Waals surface area contributed by atoms with Crippen LogP contribution in [0.1, 0.15) is 29.2 Å². The van der Waals surface area contributed by atoms with Crippen LogP contribution < -0.4 is 20.2 Å². The van der Waals surface area contributed by atoms with Crippen LogP contribution >= 0.6 is 27.5 Å². The molecule has 2 amide bonds. The van der Waals surface area contributed by atoms with Gasteiger partial charge in [-0.2, -0.15) is 5.10 Å². The van der Waals surface area contributed by atoms with Crippen LogP contribution in [0.2, 0.25) is 5.02 Å². The van der Waals surface area contributed by atoms with Gasteiger partial charge in [0, 0.05) is 10.7 Å². The predicted molar refractivity (Wildman–Crippen MR) is 141 cm³/mol. The minimum Gasteiger partial charge on any atom is -0.490 e. The van der Waals surface area contributed by atoms with Crippen molar-refractivity contribution in [3.05, 3.63) is 86.3 Å². The SMILES string of the molecule is CCOc1cc(/C=N/NC(=O)C(=O)Nc2cccc(Cl)c2C)cc(Br)c1OCc1cccc(C)c1. The summed E-state index contributed by atoms with van der Waals surface area (Å²) in [5.41, 5.74) is 6.16. The molecular formula is C26H25BrClN3O4. The lowest BCUT2D eigenvalue weighted by molar-refractivity contribution is -0.136. The zero-order valence-corrected chi connectivity index (χ0v) is 21.9. The highest BCUT2D eigenvalue weighted by Crippen LogP contribution is 2.37. The summed E-state index contributed by atoms with van der Waals surface area (Å²) in [5.74, 6) is -0.686. The lowest BCUT2D eigenvalue weighted by atomic mass is 10.1. The average Bonchev–Trinajstić information content (AvgIpc) is 2.81. The highest BCUT2D eigenvalue weighted by atomic mass is 79.9. The quantitative estimate of drug-likeness (QED) is 0.208. The molecule has 0 saturated heterocycles. The Morgan fingerprint density at radius 2 is 1.83 bits per heavy atom. The van der Waals surface area contributed by atoms with E-state index in [2.05, 4.69) is 37.8 Å². The second-order valence-electron chi connectivity index (χ2n) is 7.61.